The minimum absolute atomic E-state index is 0.234. The molecule has 32 heavy (non-hydrogen) atoms. The monoisotopic (exact) mass is 448 g/mol. The van der Waals surface area contributed by atoms with Gasteiger partial charge in [-0.3, -0.25) is 9.59 Å². The van der Waals surface area contributed by atoms with Gasteiger partial charge >= 0.3 is 0 Å². The Hall–Kier alpha value is -3.58. The number of carbonyl (C=O) groups is 2. The van der Waals surface area contributed by atoms with Crippen molar-refractivity contribution in [2.45, 2.75) is 11.4 Å². The molecule has 0 saturated carbocycles. The molecular weight excluding hydrogens is 427 g/mol. The van der Waals surface area contributed by atoms with Gasteiger partial charge in [0.05, 0.1) is 17.7 Å². The standard InChI is InChI=1S/C25H21FN2O3S/c1-28-21-13-18(24(29)27-15-16-7-10-19(31-2)11-8-16)9-12-22(21)32-23(25(28)30)14-17-5-3-4-6-20(17)26/h3-14H,15H2,1-2H3,(H,27,29)/b23-14-. The Balaban J connectivity index is 1.51. The van der Waals surface area contributed by atoms with Gasteiger partial charge in [-0.1, -0.05) is 42.1 Å². The first-order chi connectivity index (χ1) is 15.5. The number of rotatable bonds is 5. The predicted molar refractivity (Wildman–Crippen MR) is 124 cm³/mol. The fourth-order valence-corrected chi connectivity index (χ4v) is 4.38. The maximum atomic E-state index is 14.0. The Bertz CT molecular complexity index is 1210. The Morgan fingerprint density at radius 3 is 2.59 bits per heavy atom. The molecule has 1 heterocycles. The van der Waals surface area contributed by atoms with Gasteiger partial charge in [-0.25, -0.2) is 4.39 Å². The summed E-state index contributed by atoms with van der Waals surface area (Å²) >= 11 is 1.27. The lowest BCUT2D eigenvalue weighted by molar-refractivity contribution is -0.114. The molecule has 162 valence electrons. The third-order valence-corrected chi connectivity index (χ3v) is 6.20. The van der Waals surface area contributed by atoms with Crippen LogP contribution in [0.15, 0.2) is 76.5 Å². The van der Waals surface area contributed by atoms with Crippen molar-refractivity contribution in [1.82, 2.24) is 5.32 Å². The van der Waals surface area contributed by atoms with Crippen LogP contribution in [0.2, 0.25) is 0 Å². The molecule has 1 aliphatic heterocycles. The van der Waals surface area contributed by atoms with E-state index < -0.39 is 0 Å². The number of anilines is 1. The van der Waals surface area contributed by atoms with Crippen molar-refractivity contribution in [3.8, 4) is 5.75 Å². The number of halogens is 1. The quantitative estimate of drug-likeness (QED) is 0.566. The van der Waals surface area contributed by atoms with Gasteiger partial charge < -0.3 is 15.0 Å². The molecule has 1 aliphatic rings. The summed E-state index contributed by atoms with van der Waals surface area (Å²) in [5.41, 5.74) is 2.40. The number of likely N-dealkylation sites (N-methyl/N-ethyl adjacent to an activating group) is 1. The number of amides is 2. The summed E-state index contributed by atoms with van der Waals surface area (Å²) in [7, 11) is 3.25. The number of nitrogens with one attached hydrogen (secondary N) is 1. The molecule has 0 unspecified atom stereocenters. The summed E-state index contributed by atoms with van der Waals surface area (Å²) < 4.78 is 19.1. The Morgan fingerprint density at radius 2 is 1.88 bits per heavy atom. The van der Waals surface area contributed by atoms with Crippen molar-refractivity contribution in [2.75, 3.05) is 19.1 Å². The molecule has 2 amide bonds. The van der Waals surface area contributed by atoms with Crippen LogP contribution in [0.1, 0.15) is 21.5 Å². The molecule has 1 N–H and O–H groups in total. The van der Waals surface area contributed by atoms with E-state index in [1.54, 1.807) is 56.6 Å². The van der Waals surface area contributed by atoms with Crippen LogP contribution in [-0.2, 0) is 11.3 Å². The Morgan fingerprint density at radius 1 is 1.12 bits per heavy atom. The van der Waals surface area contributed by atoms with E-state index in [2.05, 4.69) is 5.32 Å². The van der Waals surface area contributed by atoms with E-state index in [1.807, 2.05) is 24.3 Å². The van der Waals surface area contributed by atoms with E-state index in [9.17, 15) is 14.0 Å². The van der Waals surface area contributed by atoms with Crippen LogP contribution in [0.25, 0.3) is 6.08 Å². The summed E-state index contributed by atoms with van der Waals surface area (Å²) in [6.07, 6.45) is 1.55. The van der Waals surface area contributed by atoms with Crippen molar-refractivity contribution in [1.29, 1.82) is 0 Å². The van der Waals surface area contributed by atoms with E-state index >= 15 is 0 Å². The maximum absolute atomic E-state index is 14.0. The third kappa shape index (κ3) is 4.53. The molecule has 0 radical (unpaired) electrons. The lowest BCUT2D eigenvalue weighted by Crippen LogP contribution is -2.31. The SMILES string of the molecule is COc1ccc(CNC(=O)c2ccc3c(c2)N(C)C(=O)/C(=C/c2ccccc2F)S3)cc1. The zero-order valence-corrected chi connectivity index (χ0v) is 18.4. The normalized spacial score (nSPS) is 14.3. The molecule has 0 bridgehead atoms. The van der Waals surface area contributed by atoms with Gasteiger partial charge in [0.2, 0.25) is 0 Å². The first-order valence-corrected chi connectivity index (χ1v) is 10.7. The number of nitrogens with zero attached hydrogens (tertiary/aromatic N) is 1. The van der Waals surface area contributed by atoms with E-state index in [0.717, 1.165) is 16.2 Å². The van der Waals surface area contributed by atoms with Gasteiger partial charge in [0.15, 0.2) is 0 Å². The van der Waals surface area contributed by atoms with Gasteiger partial charge in [-0.15, -0.1) is 0 Å². The van der Waals surface area contributed by atoms with Gasteiger partial charge in [0.1, 0.15) is 11.6 Å². The van der Waals surface area contributed by atoms with Crippen LogP contribution < -0.4 is 15.0 Å². The number of fused-ring (bicyclic) bond motifs is 1. The Kier molecular flexibility index (Phi) is 6.28. The summed E-state index contributed by atoms with van der Waals surface area (Å²) in [6, 6.07) is 19.0. The molecule has 0 fully saturated rings. The minimum Gasteiger partial charge on any atom is -0.497 e. The molecule has 3 aromatic rings. The van der Waals surface area contributed by atoms with Crippen molar-refractivity contribution in [2.24, 2.45) is 0 Å². The van der Waals surface area contributed by atoms with Crippen molar-refractivity contribution in [3.63, 3.8) is 0 Å². The summed E-state index contributed by atoms with van der Waals surface area (Å²) in [6.45, 7) is 0.374. The highest BCUT2D eigenvalue weighted by atomic mass is 32.2. The number of hydrogen-bond acceptors (Lipinski definition) is 4. The molecule has 0 aromatic heterocycles. The second-order valence-electron chi connectivity index (χ2n) is 7.21. The van der Waals surface area contributed by atoms with Gasteiger partial charge in [-0.05, 0) is 48.0 Å². The third-order valence-electron chi connectivity index (χ3n) is 5.12. The zero-order chi connectivity index (χ0) is 22.7. The zero-order valence-electron chi connectivity index (χ0n) is 17.6. The van der Waals surface area contributed by atoms with Crippen molar-refractivity contribution < 1.29 is 18.7 Å². The number of hydrogen-bond donors (Lipinski definition) is 1. The molecule has 7 heteroatoms. The minimum atomic E-state index is -0.384. The van der Waals surface area contributed by atoms with Crippen LogP contribution >= 0.6 is 11.8 Å². The largest absolute Gasteiger partial charge is 0.497 e. The van der Waals surface area contributed by atoms with Crippen LogP contribution in [0.3, 0.4) is 0 Å². The van der Waals surface area contributed by atoms with E-state index in [0.29, 0.717) is 28.3 Å². The fraction of sp³-hybridized carbons (Fsp3) is 0.120. The number of methoxy groups -OCH3 is 1. The molecule has 0 atom stereocenters. The van der Waals surface area contributed by atoms with E-state index in [4.69, 9.17) is 4.74 Å². The lowest BCUT2D eigenvalue weighted by Gasteiger charge is -2.27. The Labute approximate surface area is 189 Å². The second kappa shape index (κ2) is 9.28. The predicted octanol–water partition coefficient (Wildman–Crippen LogP) is 4.87. The smallest absolute Gasteiger partial charge is 0.264 e. The average Bonchev–Trinajstić information content (AvgIpc) is 2.82. The van der Waals surface area contributed by atoms with Crippen LogP contribution in [-0.4, -0.2) is 26.0 Å². The number of carbonyl (C=O) groups excluding carboxylic acids is 2. The van der Waals surface area contributed by atoms with Crippen LogP contribution in [0.5, 0.6) is 5.75 Å². The number of benzene rings is 3. The molecule has 3 aromatic carbocycles. The molecule has 5 nitrogen and oxygen atoms in total. The summed E-state index contributed by atoms with van der Waals surface area (Å²) in [4.78, 5) is 28.2. The summed E-state index contributed by atoms with van der Waals surface area (Å²) in [5, 5.41) is 2.89. The highest BCUT2D eigenvalue weighted by Crippen LogP contribution is 2.42. The highest BCUT2D eigenvalue weighted by molar-refractivity contribution is 8.04. The summed E-state index contributed by atoms with van der Waals surface area (Å²) in [5.74, 6) is -0.113. The first-order valence-electron chi connectivity index (χ1n) is 9.93. The van der Waals surface area contributed by atoms with Crippen molar-refractivity contribution >= 4 is 35.3 Å². The van der Waals surface area contributed by atoms with Gasteiger partial charge in [0.25, 0.3) is 11.8 Å². The maximum Gasteiger partial charge on any atom is 0.264 e. The topological polar surface area (TPSA) is 58.6 Å². The fourth-order valence-electron chi connectivity index (χ4n) is 3.30. The first kappa shape index (κ1) is 21.6. The number of ether oxygens (including phenoxy) is 1. The van der Waals surface area contributed by atoms with Gasteiger partial charge in [-0.2, -0.15) is 0 Å². The lowest BCUT2D eigenvalue weighted by atomic mass is 10.1. The molecule has 0 aliphatic carbocycles. The molecule has 0 spiro atoms. The van der Waals surface area contributed by atoms with Gasteiger partial charge in [0, 0.05) is 29.6 Å². The highest BCUT2D eigenvalue weighted by Gasteiger charge is 2.27. The average molecular weight is 449 g/mol. The van der Waals surface area contributed by atoms with Crippen molar-refractivity contribution in [3.05, 3.63) is 94.1 Å². The molecular formula is C25H21FN2O3S. The number of thioether (sulfide) groups is 1. The van der Waals surface area contributed by atoms with E-state index in [1.165, 1.54) is 22.7 Å². The van der Waals surface area contributed by atoms with Crippen LogP contribution in [0, 0.1) is 5.82 Å². The molecule has 4 rings (SSSR count). The molecule has 0 saturated heterocycles. The second-order valence-corrected chi connectivity index (χ2v) is 8.29. The van der Waals surface area contributed by atoms with Crippen LogP contribution in [0.4, 0.5) is 10.1 Å². The van der Waals surface area contributed by atoms with E-state index in [-0.39, 0.29) is 17.6 Å².